The van der Waals surface area contributed by atoms with E-state index in [-0.39, 0.29) is 11.8 Å². The van der Waals surface area contributed by atoms with E-state index in [2.05, 4.69) is 5.32 Å². The molecule has 1 aliphatic heterocycles. The maximum Gasteiger partial charge on any atom is 0.259 e. The molecule has 0 saturated heterocycles. The first-order chi connectivity index (χ1) is 14.1. The fraction of sp³-hybridized carbons (Fsp3) is 0.167. The molecule has 0 bridgehead atoms. The minimum absolute atomic E-state index is 0.0667. The van der Waals surface area contributed by atoms with Gasteiger partial charge in [-0.2, -0.15) is 0 Å². The summed E-state index contributed by atoms with van der Waals surface area (Å²) in [6.45, 7) is 2.89. The van der Waals surface area contributed by atoms with Crippen LogP contribution in [0.25, 0.3) is 0 Å². The van der Waals surface area contributed by atoms with Crippen molar-refractivity contribution in [1.82, 2.24) is 4.90 Å². The summed E-state index contributed by atoms with van der Waals surface area (Å²) < 4.78 is 5.89. The summed E-state index contributed by atoms with van der Waals surface area (Å²) in [4.78, 5) is 26.4. The fourth-order valence-electron chi connectivity index (χ4n) is 3.46. The van der Waals surface area contributed by atoms with Crippen LogP contribution in [0.1, 0.15) is 28.4 Å². The van der Waals surface area contributed by atoms with Gasteiger partial charge in [-0.3, -0.25) is 9.59 Å². The first-order valence-electron chi connectivity index (χ1n) is 9.61. The Balaban J connectivity index is 1.53. The van der Waals surface area contributed by atoms with Crippen molar-refractivity contribution >= 4 is 17.5 Å². The van der Waals surface area contributed by atoms with Crippen LogP contribution in [0.4, 0.5) is 5.69 Å². The number of anilines is 1. The highest BCUT2D eigenvalue weighted by Gasteiger charge is 2.19. The lowest BCUT2D eigenvalue weighted by atomic mass is 9.99. The molecule has 5 nitrogen and oxygen atoms in total. The Bertz CT molecular complexity index is 1050. The predicted octanol–water partition coefficient (Wildman–Crippen LogP) is 4.64. The number of carbonyl (C=O) groups excluding carboxylic acids is 2. The Hall–Kier alpha value is -3.60. The molecule has 0 spiro atoms. The maximum absolute atomic E-state index is 12.9. The third-order valence-electron chi connectivity index (χ3n) is 5.02. The van der Waals surface area contributed by atoms with Gasteiger partial charge in [0, 0.05) is 25.7 Å². The number of hydrogen-bond donors (Lipinski definition) is 1. The van der Waals surface area contributed by atoms with Gasteiger partial charge in [0.1, 0.15) is 11.5 Å². The lowest BCUT2D eigenvalue weighted by Gasteiger charge is -2.28. The van der Waals surface area contributed by atoms with E-state index in [1.807, 2.05) is 65.6 Å². The Kier molecular flexibility index (Phi) is 5.29. The number of amides is 2. The van der Waals surface area contributed by atoms with Crippen LogP contribution in [-0.4, -0.2) is 23.3 Å². The molecule has 29 heavy (non-hydrogen) atoms. The van der Waals surface area contributed by atoms with Gasteiger partial charge in [0.2, 0.25) is 5.91 Å². The maximum atomic E-state index is 12.9. The average Bonchev–Trinajstić information content (AvgIpc) is 2.74. The molecule has 3 aromatic carbocycles. The standard InChI is InChI=1S/C24H22N2O3/c1-17(27)26-14-13-18-11-12-20(15-19(18)16-26)25-24(28)22-9-5-6-10-23(22)29-21-7-3-2-4-8-21/h2-12,15H,13-14,16H2,1H3,(H,25,28). The van der Waals surface area contributed by atoms with E-state index in [9.17, 15) is 9.59 Å². The number of carbonyl (C=O) groups is 2. The molecule has 3 aromatic rings. The second kappa shape index (κ2) is 8.19. The van der Waals surface area contributed by atoms with Crippen LogP contribution >= 0.6 is 0 Å². The van der Waals surface area contributed by atoms with Crippen LogP contribution in [0.3, 0.4) is 0 Å². The molecule has 0 radical (unpaired) electrons. The summed E-state index contributed by atoms with van der Waals surface area (Å²) >= 11 is 0. The minimum Gasteiger partial charge on any atom is -0.457 e. The van der Waals surface area contributed by atoms with Crippen molar-refractivity contribution in [2.45, 2.75) is 19.9 Å². The van der Waals surface area contributed by atoms with Crippen molar-refractivity contribution in [3.8, 4) is 11.5 Å². The number of nitrogens with one attached hydrogen (secondary N) is 1. The number of nitrogens with zero attached hydrogens (tertiary/aromatic N) is 1. The molecule has 4 rings (SSSR count). The third kappa shape index (κ3) is 4.29. The lowest BCUT2D eigenvalue weighted by molar-refractivity contribution is -0.129. The highest BCUT2D eigenvalue weighted by molar-refractivity contribution is 6.06. The van der Waals surface area contributed by atoms with Gasteiger partial charge in [-0.05, 0) is 53.9 Å². The molecular formula is C24H22N2O3. The number of fused-ring (bicyclic) bond motifs is 1. The zero-order valence-electron chi connectivity index (χ0n) is 16.2. The van der Waals surface area contributed by atoms with E-state index in [1.165, 1.54) is 5.56 Å². The van der Waals surface area contributed by atoms with Crippen LogP contribution in [-0.2, 0) is 17.8 Å². The number of rotatable bonds is 4. The molecule has 1 heterocycles. The smallest absolute Gasteiger partial charge is 0.259 e. The Morgan fingerprint density at radius 2 is 1.69 bits per heavy atom. The van der Waals surface area contributed by atoms with Crippen molar-refractivity contribution in [3.63, 3.8) is 0 Å². The summed E-state index contributed by atoms with van der Waals surface area (Å²) in [6.07, 6.45) is 0.830. The van der Waals surface area contributed by atoms with Gasteiger partial charge in [0.25, 0.3) is 5.91 Å². The highest BCUT2D eigenvalue weighted by atomic mass is 16.5. The van der Waals surface area contributed by atoms with Gasteiger partial charge in [-0.15, -0.1) is 0 Å². The van der Waals surface area contributed by atoms with Crippen LogP contribution in [0.15, 0.2) is 72.8 Å². The summed E-state index contributed by atoms with van der Waals surface area (Å²) in [5.74, 6) is 0.996. The van der Waals surface area contributed by atoms with E-state index in [0.29, 0.717) is 29.3 Å². The lowest BCUT2D eigenvalue weighted by Crippen LogP contribution is -2.34. The van der Waals surface area contributed by atoms with Crippen molar-refractivity contribution in [2.75, 3.05) is 11.9 Å². The molecule has 0 aromatic heterocycles. The average molecular weight is 386 g/mol. The van der Waals surface area contributed by atoms with Gasteiger partial charge in [-0.1, -0.05) is 36.4 Å². The minimum atomic E-state index is -0.240. The Morgan fingerprint density at radius 3 is 2.48 bits per heavy atom. The number of ether oxygens (including phenoxy) is 1. The Labute approximate surface area is 169 Å². The molecule has 0 atom stereocenters. The summed E-state index contributed by atoms with van der Waals surface area (Å²) in [5.41, 5.74) is 3.44. The van der Waals surface area contributed by atoms with Crippen LogP contribution in [0, 0.1) is 0 Å². The van der Waals surface area contributed by atoms with E-state index in [1.54, 1.807) is 19.1 Å². The monoisotopic (exact) mass is 386 g/mol. The topological polar surface area (TPSA) is 58.6 Å². The van der Waals surface area contributed by atoms with Gasteiger partial charge in [-0.25, -0.2) is 0 Å². The molecule has 146 valence electrons. The number of para-hydroxylation sites is 2. The molecule has 2 amide bonds. The van der Waals surface area contributed by atoms with E-state index >= 15 is 0 Å². The normalized spacial score (nSPS) is 12.8. The predicted molar refractivity (Wildman–Crippen MR) is 112 cm³/mol. The van der Waals surface area contributed by atoms with E-state index in [4.69, 9.17) is 4.74 Å². The summed E-state index contributed by atoms with van der Waals surface area (Å²) in [6, 6.07) is 22.4. The number of hydrogen-bond acceptors (Lipinski definition) is 3. The van der Waals surface area contributed by atoms with E-state index < -0.39 is 0 Å². The second-order valence-corrected chi connectivity index (χ2v) is 7.04. The van der Waals surface area contributed by atoms with Crippen LogP contribution < -0.4 is 10.1 Å². The molecule has 0 fully saturated rings. The van der Waals surface area contributed by atoms with Gasteiger partial charge in [0.05, 0.1) is 5.56 Å². The van der Waals surface area contributed by atoms with Crippen molar-refractivity contribution < 1.29 is 14.3 Å². The van der Waals surface area contributed by atoms with Gasteiger partial charge < -0.3 is 15.0 Å². The van der Waals surface area contributed by atoms with Crippen molar-refractivity contribution in [2.24, 2.45) is 0 Å². The van der Waals surface area contributed by atoms with Crippen LogP contribution in [0.5, 0.6) is 11.5 Å². The second-order valence-electron chi connectivity index (χ2n) is 7.04. The fourth-order valence-corrected chi connectivity index (χ4v) is 3.46. The van der Waals surface area contributed by atoms with E-state index in [0.717, 1.165) is 18.5 Å². The van der Waals surface area contributed by atoms with Crippen LogP contribution in [0.2, 0.25) is 0 Å². The zero-order valence-corrected chi connectivity index (χ0v) is 16.2. The Morgan fingerprint density at radius 1 is 0.931 bits per heavy atom. The zero-order chi connectivity index (χ0) is 20.2. The first kappa shape index (κ1) is 18.7. The summed E-state index contributed by atoms with van der Waals surface area (Å²) in [7, 11) is 0. The van der Waals surface area contributed by atoms with Gasteiger partial charge >= 0.3 is 0 Å². The first-order valence-corrected chi connectivity index (χ1v) is 9.61. The largest absolute Gasteiger partial charge is 0.457 e. The van der Waals surface area contributed by atoms with Crippen molar-refractivity contribution in [1.29, 1.82) is 0 Å². The van der Waals surface area contributed by atoms with Gasteiger partial charge in [0.15, 0.2) is 0 Å². The highest BCUT2D eigenvalue weighted by Crippen LogP contribution is 2.27. The molecule has 1 aliphatic rings. The molecule has 1 N–H and O–H groups in total. The molecule has 0 aliphatic carbocycles. The number of benzene rings is 3. The third-order valence-corrected chi connectivity index (χ3v) is 5.02. The molecule has 0 saturated carbocycles. The SMILES string of the molecule is CC(=O)N1CCc2ccc(NC(=O)c3ccccc3Oc3ccccc3)cc2C1. The molecular weight excluding hydrogens is 364 g/mol. The molecule has 0 unspecified atom stereocenters. The van der Waals surface area contributed by atoms with Crippen molar-refractivity contribution in [3.05, 3.63) is 89.5 Å². The summed E-state index contributed by atoms with van der Waals surface area (Å²) in [5, 5.41) is 2.96. The quantitative estimate of drug-likeness (QED) is 0.711. The molecule has 5 heteroatoms.